The third kappa shape index (κ3) is 3.40. The Labute approximate surface area is 126 Å². The number of benzene rings is 2. The first-order chi connectivity index (χ1) is 9.33. The molecule has 0 atom stereocenters. The topological polar surface area (TPSA) is 13.7 Å². The summed E-state index contributed by atoms with van der Waals surface area (Å²) < 4.78 is 6.31. The van der Waals surface area contributed by atoms with Crippen molar-refractivity contribution in [1.82, 2.24) is 0 Å². The lowest BCUT2D eigenvalue weighted by Crippen LogP contribution is -3.19. The molecule has 1 heterocycles. The van der Waals surface area contributed by atoms with Crippen LogP contribution in [0.15, 0.2) is 60.7 Å². The van der Waals surface area contributed by atoms with E-state index >= 15 is 0 Å². The van der Waals surface area contributed by atoms with Gasteiger partial charge >= 0.3 is 0 Å². The normalized spacial score (nSPS) is 21.1. The Morgan fingerprint density at radius 2 is 1.35 bits per heavy atom. The van der Waals surface area contributed by atoms with E-state index in [0.717, 1.165) is 13.1 Å². The van der Waals surface area contributed by atoms with E-state index in [0.29, 0.717) is 6.10 Å². The molecule has 1 N–H and O–H groups in total. The molecule has 0 radical (unpaired) electrons. The van der Waals surface area contributed by atoms with Gasteiger partial charge in [-0.25, -0.2) is 0 Å². The number of likely N-dealkylation sites (N-methyl/N-ethyl adjacent to an activating group) is 1. The lowest BCUT2D eigenvalue weighted by molar-refractivity contribution is -0.930. The number of halogens is 1. The van der Waals surface area contributed by atoms with Crippen molar-refractivity contribution < 1.29 is 22.0 Å². The van der Waals surface area contributed by atoms with Crippen LogP contribution in [0.25, 0.3) is 0 Å². The van der Waals surface area contributed by atoms with Crippen molar-refractivity contribution in [1.29, 1.82) is 0 Å². The molecular weight excluding hydrogens is 270 g/mol. The summed E-state index contributed by atoms with van der Waals surface area (Å²) in [6.07, 6.45) is 0.436. The highest BCUT2D eigenvalue weighted by Crippen LogP contribution is 2.27. The Balaban J connectivity index is 0.00000147. The predicted octanol–water partition coefficient (Wildman–Crippen LogP) is -1.31. The molecule has 0 spiro atoms. The van der Waals surface area contributed by atoms with Gasteiger partial charge in [0.15, 0.2) is 6.10 Å². The van der Waals surface area contributed by atoms with Crippen LogP contribution in [0, 0.1) is 0 Å². The maximum Gasteiger partial charge on any atom is 0.156 e. The van der Waals surface area contributed by atoms with Crippen LogP contribution in [0.1, 0.15) is 17.2 Å². The fraction of sp³-hybridized carbons (Fsp3) is 0.294. The summed E-state index contributed by atoms with van der Waals surface area (Å²) in [5, 5.41) is 0. The number of hydrogen-bond acceptors (Lipinski definition) is 1. The van der Waals surface area contributed by atoms with E-state index in [-0.39, 0.29) is 18.5 Å². The molecule has 0 aromatic heterocycles. The van der Waals surface area contributed by atoms with Gasteiger partial charge in [-0.2, -0.15) is 0 Å². The van der Waals surface area contributed by atoms with Gasteiger partial charge in [0.1, 0.15) is 19.2 Å². The number of likely N-dealkylation sites (tertiary alicyclic amines) is 1. The Morgan fingerprint density at radius 3 is 1.75 bits per heavy atom. The third-order valence-corrected chi connectivity index (χ3v) is 3.69. The Hall–Kier alpha value is -1.35. The van der Waals surface area contributed by atoms with Crippen LogP contribution < -0.4 is 17.3 Å². The highest BCUT2D eigenvalue weighted by atomic mass is 35.5. The van der Waals surface area contributed by atoms with E-state index in [1.54, 1.807) is 4.90 Å². The van der Waals surface area contributed by atoms with Gasteiger partial charge in [-0.1, -0.05) is 60.7 Å². The molecule has 1 fully saturated rings. The zero-order chi connectivity index (χ0) is 13.1. The van der Waals surface area contributed by atoms with Crippen molar-refractivity contribution in [3.63, 3.8) is 0 Å². The van der Waals surface area contributed by atoms with E-state index in [1.165, 1.54) is 11.1 Å². The van der Waals surface area contributed by atoms with Crippen LogP contribution in [-0.2, 0) is 4.74 Å². The number of hydrogen-bond donors (Lipinski definition) is 1. The average molecular weight is 290 g/mol. The van der Waals surface area contributed by atoms with Gasteiger partial charge in [0, 0.05) is 0 Å². The summed E-state index contributed by atoms with van der Waals surface area (Å²) in [7, 11) is 2.21. The van der Waals surface area contributed by atoms with Crippen LogP contribution in [0.2, 0.25) is 0 Å². The summed E-state index contributed by atoms with van der Waals surface area (Å²) in [5.74, 6) is 0. The molecule has 20 heavy (non-hydrogen) atoms. The van der Waals surface area contributed by atoms with Crippen LogP contribution in [-0.4, -0.2) is 26.2 Å². The molecule has 0 aliphatic carbocycles. The summed E-state index contributed by atoms with van der Waals surface area (Å²) in [6, 6.07) is 21.0. The first kappa shape index (κ1) is 15.0. The molecule has 3 rings (SSSR count). The quantitative estimate of drug-likeness (QED) is 0.738. The van der Waals surface area contributed by atoms with Gasteiger partial charge in [-0.15, -0.1) is 0 Å². The second kappa shape index (κ2) is 6.89. The number of rotatable bonds is 4. The van der Waals surface area contributed by atoms with E-state index in [2.05, 4.69) is 55.6 Å². The molecule has 1 aliphatic rings. The highest BCUT2D eigenvalue weighted by Gasteiger charge is 2.32. The van der Waals surface area contributed by atoms with Crippen molar-refractivity contribution >= 4 is 0 Å². The molecule has 0 amide bonds. The van der Waals surface area contributed by atoms with Crippen molar-refractivity contribution in [3.8, 4) is 0 Å². The molecule has 1 aliphatic heterocycles. The number of ether oxygens (including phenoxy) is 1. The maximum absolute atomic E-state index is 6.31. The van der Waals surface area contributed by atoms with E-state index in [1.807, 2.05) is 12.1 Å². The predicted molar refractivity (Wildman–Crippen MR) is 76.2 cm³/mol. The minimum atomic E-state index is 0. The highest BCUT2D eigenvalue weighted by molar-refractivity contribution is 5.30. The van der Waals surface area contributed by atoms with Crippen molar-refractivity contribution in [2.45, 2.75) is 12.2 Å². The Kier molecular flexibility index (Phi) is 5.18. The summed E-state index contributed by atoms with van der Waals surface area (Å²) in [6.45, 7) is 2.21. The molecule has 2 aromatic rings. The van der Waals surface area contributed by atoms with Crippen LogP contribution in [0.4, 0.5) is 0 Å². The fourth-order valence-corrected chi connectivity index (χ4v) is 2.61. The molecule has 0 saturated carbocycles. The second-order valence-corrected chi connectivity index (χ2v) is 5.32. The van der Waals surface area contributed by atoms with E-state index in [4.69, 9.17) is 4.74 Å². The SMILES string of the molecule is C[NH+]1CC(OC(c2ccccc2)c2ccccc2)C1.[Cl-]. The molecule has 1 saturated heterocycles. The Morgan fingerprint density at radius 1 is 0.900 bits per heavy atom. The maximum atomic E-state index is 6.31. The lowest BCUT2D eigenvalue weighted by atomic mass is 10.0. The smallest absolute Gasteiger partial charge is 0.156 e. The van der Waals surface area contributed by atoms with Gasteiger partial charge in [0.2, 0.25) is 0 Å². The van der Waals surface area contributed by atoms with Crippen LogP contribution >= 0.6 is 0 Å². The van der Waals surface area contributed by atoms with Gasteiger partial charge in [-0.05, 0) is 11.1 Å². The Bertz CT molecular complexity index is 472. The lowest BCUT2D eigenvalue weighted by Gasteiger charge is -2.35. The van der Waals surface area contributed by atoms with Crippen molar-refractivity contribution in [2.24, 2.45) is 0 Å². The molecule has 2 aromatic carbocycles. The summed E-state index contributed by atoms with van der Waals surface area (Å²) in [5.41, 5.74) is 2.47. The third-order valence-electron chi connectivity index (χ3n) is 3.69. The largest absolute Gasteiger partial charge is 1.00 e. The van der Waals surface area contributed by atoms with Gasteiger partial charge in [-0.3, -0.25) is 0 Å². The molecule has 2 nitrogen and oxygen atoms in total. The molecule has 106 valence electrons. The summed E-state index contributed by atoms with van der Waals surface area (Å²) >= 11 is 0. The van der Waals surface area contributed by atoms with Crippen LogP contribution in [0.3, 0.4) is 0 Å². The minimum absolute atomic E-state index is 0. The minimum Gasteiger partial charge on any atom is -1.00 e. The summed E-state index contributed by atoms with van der Waals surface area (Å²) in [4.78, 5) is 1.55. The van der Waals surface area contributed by atoms with Gasteiger partial charge in [0.05, 0.1) is 7.05 Å². The molecular formula is C17H20ClNO. The molecule has 3 heteroatoms. The van der Waals surface area contributed by atoms with Crippen molar-refractivity contribution in [2.75, 3.05) is 20.1 Å². The first-order valence-electron chi connectivity index (χ1n) is 6.89. The van der Waals surface area contributed by atoms with Crippen molar-refractivity contribution in [3.05, 3.63) is 71.8 Å². The van der Waals surface area contributed by atoms with E-state index in [9.17, 15) is 0 Å². The fourth-order valence-electron chi connectivity index (χ4n) is 2.61. The van der Waals surface area contributed by atoms with Gasteiger partial charge in [0.25, 0.3) is 0 Å². The van der Waals surface area contributed by atoms with E-state index < -0.39 is 0 Å². The first-order valence-corrected chi connectivity index (χ1v) is 6.89. The zero-order valence-electron chi connectivity index (χ0n) is 11.6. The standard InChI is InChI=1S/C17H19NO.ClH/c1-18-12-16(13-18)19-17(14-8-4-2-5-9-14)15-10-6-3-7-11-15;/h2-11,16-17H,12-13H2,1H3;1H. The number of nitrogens with one attached hydrogen (secondary N) is 1. The van der Waals surface area contributed by atoms with Gasteiger partial charge < -0.3 is 22.0 Å². The van der Waals surface area contributed by atoms with Crippen LogP contribution in [0.5, 0.6) is 0 Å². The number of quaternary nitrogens is 1. The zero-order valence-corrected chi connectivity index (χ0v) is 12.4. The molecule has 0 bridgehead atoms. The second-order valence-electron chi connectivity index (χ2n) is 5.32. The monoisotopic (exact) mass is 289 g/mol. The average Bonchev–Trinajstić information content (AvgIpc) is 2.44. The molecule has 0 unspecified atom stereocenters.